The number of furan rings is 1. The minimum atomic E-state index is -0.144. The van der Waals surface area contributed by atoms with E-state index in [4.69, 9.17) is 16.0 Å². The van der Waals surface area contributed by atoms with Gasteiger partial charge in [-0.25, -0.2) is 0 Å². The summed E-state index contributed by atoms with van der Waals surface area (Å²) in [6.45, 7) is 1.12. The summed E-state index contributed by atoms with van der Waals surface area (Å²) in [5, 5.41) is 0.582. The molecule has 0 N–H and O–H groups in total. The Balaban J connectivity index is 1.67. The Morgan fingerprint density at radius 2 is 1.80 bits per heavy atom. The van der Waals surface area contributed by atoms with Crippen LogP contribution in [0.15, 0.2) is 40.8 Å². The molecule has 0 saturated carbocycles. The van der Waals surface area contributed by atoms with Crippen LogP contribution in [0.1, 0.15) is 23.4 Å². The van der Waals surface area contributed by atoms with Crippen molar-refractivity contribution in [2.75, 3.05) is 27.2 Å². The van der Waals surface area contributed by atoms with Crippen LogP contribution in [0, 0.1) is 5.92 Å². The number of amides is 2. The summed E-state index contributed by atoms with van der Waals surface area (Å²) in [7, 11) is 3.53. The molecule has 0 spiro atoms. The van der Waals surface area contributed by atoms with E-state index in [2.05, 4.69) is 0 Å². The Labute approximate surface area is 152 Å². The van der Waals surface area contributed by atoms with E-state index in [1.165, 1.54) is 0 Å². The van der Waals surface area contributed by atoms with Crippen LogP contribution in [0.4, 0.5) is 0 Å². The van der Waals surface area contributed by atoms with E-state index >= 15 is 0 Å². The third kappa shape index (κ3) is 3.71. The second-order valence-corrected chi connectivity index (χ2v) is 6.85. The van der Waals surface area contributed by atoms with Crippen molar-refractivity contribution in [1.29, 1.82) is 0 Å². The lowest BCUT2D eigenvalue weighted by atomic mass is 9.95. The number of nitrogens with zero attached hydrogens (tertiary/aromatic N) is 2. The lowest BCUT2D eigenvalue weighted by Crippen LogP contribution is -2.42. The molecular weight excluding hydrogens is 340 g/mol. The zero-order valence-electron chi connectivity index (χ0n) is 14.4. The number of rotatable bonds is 3. The average Bonchev–Trinajstić information content (AvgIpc) is 3.10. The topological polar surface area (TPSA) is 53.8 Å². The third-order valence-corrected chi connectivity index (χ3v) is 4.86. The van der Waals surface area contributed by atoms with Crippen LogP contribution in [0.3, 0.4) is 0 Å². The van der Waals surface area contributed by atoms with Gasteiger partial charge in [0.15, 0.2) is 5.76 Å². The summed E-state index contributed by atoms with van der Waals surface area (Å²) in [4.78, 5) is 28.0. The summed E-state index contributed by atoms with van der Waals surface area (Å²) >= 11 is 6.18. The first-order chi connectivity index (χ1) is 12.0. The molecule has 0 unspecified atom stereocenters. The molecule has 2 amide bonds. The third-order valence-electron chi connectivity index (χ3n) is 4.53. The number of hydrogen-bond acceptors (Lipinski definition) is 3. The van der Waals surface area contributed by atoms with E-state index in [-0.39, 0.29) is 17.7 Å². The van der Waals surface area contributed by atoms with Crippen LogP contribution < -0.4 is 0 Å². The zero-order valence-corrected chi connectivity index (χ0v) is 15.1. The maximum absolute atomic E-state index is 12.6. The van der Waals surface area contributed by atoms with Crippen molar-refractivity contribution in [2.45, 2.75) is 12.8 Å². The van der Waals surface area contributed by atoms with Gasteiger partial charge < -0.3 is 14.2 Å². The van der Waals surface area contributed by atoms with Gasteiger partial charge in [0.2, 0.25) is 5.91 Å². The highest BCUT2D eigenvalue weighted by Gasteiger charge is 2.29. The van der Waals surface area contributed by atoms with Crippen molar-refractivity contribution < 1.29 is 14.0 Å². The fraction of sp³-hybridized carbons (Fsp3) is 0.368. The Hall–Kier alpha value is -2.27. The first-order valence-corrected chi connectivity index (χ1v) is 8.70. The quantitative estimate of drug-likeness (QED) is 0.841. The number of carbonyl (C=O) groups is 2. The van der Waals surface area contributed by atoms with Crippen molar-refractivity contribution in [1.82, 2.24) is 9.80 Å². The molecule has 1 aromatic carbocycles. The molecule has 0 aliphatic carbocycles. The van der Waals surface area contributed by atoms with Crippen LogP contribution in [0.25, 0.3) is 11.3 Å². The van der Waals surface area contributed by atoms with Gasteiger partial charge in [0.05, 0.1) is 5.02 Å². The predicted octanol–water partition coefficient (Wildman–Crippen LogP) is 3.54. The molecule has 2 heterocycles. The summed E-state index contributed by atoms with van der Waals surface area (Å²) in [5.74, 6) is 0.855. The molecular formula is C19H21ClN2O3. The monoisotopic (exact) mass is 360 g/mol. The number of hydrogen-bond donors (Lipinski definition) is 0. The Kier molecular flexibility index (Phi) is 5.13. The highest BCUT2D eigenvalue weighted by atomic mass is 35.5. The lowest BCUT2D eigenvalue weighted by molar-refractivity contribution is -0.134. The second kappa shape index (κ2) is 7.31. The van der Waals surface area contributed by atoms with Crippen molar-refractivity contribution in [3.05, 3.63) is 47.2 Å². The Morgan fingerprint density at radius 1 is 1.12 bits per heavy atom. The first kappa shape index (κ1) is 17.5. The molecule has 0 radical (unpaired) electrons. The number of carbonyl (C=O) groups excluding carboxylic acids is 2. The van der Waals surface area contributed by atoms with Crippen molar-refractivity contribution >= 4 is 23.4 Å². The second-order valence-electron chi connectivity index (χ2n) is 6.44. The molecule has 2 aromatic rings. The van der Waals surface area contributed by atoms with Crippen LogP contribution in [0.2, 0.25) is 5.02 Å². The van der Waals surface area contributed by atoms with E-state index in [0.29, 0.717) is 42.5 Å². The lowest BCUT2D eigenvalue weighted by Gasteiger charge is -2.31. The summed E-state index contributed by atoms with van der Waals surface area (Å²) in [6.07, 6.45) is 1.36. The number of halogens is 1. The van der Waals surface area contributed by atoms with Gasteiger partial charge in [-0.05, 0) is 37.1 Å². The molecule has 25 heavy (non-hydrogen) atoms. The molecule has 1 saturated heterocycles. The standard InChI is InChI=1S/C19H21ClN2O3/c1-21(2)18(23)13-9-11-22(12-10-13)19(24)17-8-7-16(25-17)14-5-3-4-6-15(14)20/h3-8,13H,9-12H2,1-2H3. The smallest absolute Gasteiger partial charge is 0.289 e. The molecule has 0 atom stereocenters. The largest absolute Gasteiger partial charge is 0.451 e. The van der Waals surface area contributed by atoms with Gasteiger partial charge in [0.1, 0.15) is 5.76 Å². The SMILES string of the molecule is CN(C)C(=O)C1CCN(C(=O)c2ccc(-c3ccccc3Cl)o2)CC1. The summed E-state index contributed by atoms with van der Waals surface area (Å²) in [5.41, 5.74) is 0.763. The van der Waals surface area contributed by atoms with Crippen molar-refractivity contribution in [3.63, 3.8) is 0 Å². The molecule has 1 aliphatic heterocycles. The molecule has 1 aliphatic rings. The maximum atomic E-state index is 12.6. The maximum Gasteiger partial charge on any atom is 0.289 e. The van der Waals surface area contributed by atoms with E-state index in [1.807, 2.05) is 18.2 Å². The van der Waals surface area contributed by atoms with Crippen molar-refractivity contribution in [3.8, 4) is 11.3 Å². The highest BCUT2D eigenvalue weighted by Crippen LogP contribution is 2.30. The molecule has 6 heteroatoms. The van der Waals surface area contributed by atoms with Crippen LogP contribution in [-0.2, 0) is 4.79 Å². The van der Waals surface area contributed by atoms with Gasteiger partial charge in [-0.3, -0.25) is 9.59 Å². The minimum Gasteiger partial charge on any atom is -0.451 e. The molecule has 0 bridgehead atoms. The zero-order chi connectivity index (χ0) is 18.0. The summed E-state index contributed by atoms with van der Waals surface area (Å²) < 4.78 is 5.73. The fourth-order valence-electron chi connectivity index (χ4n) is 3.11. The van der Waals surface area contributed by atoms with Crippen LogP contribution in [-0.4, -0.2) is 48.8 Å². The Morgan fingerprint density at radius 3 is 2.44 bits per heavy atom. The molecule has 1 aromatic heterocycles. The van der Waals surface area contributed by atoms with Gasteiger partial charge in [0, 0.05) is 38.7 Å². The normalized spacial score (nSPS) is 15.2. The number of benzene rings is 1. The van der Waals surface area contributed by atoms with Crippen molar-refractivity contribution in [2.24, 2.45) is 5.92 Å². The number of piperidine rings is 1. The van der Waals surface area contributed by atoms with E-state index < -0.39 is 0 Å². The first-order valence-electron chi connectivity index (χ1n) is 8.32. The summed E-state index contributed by atoms with van der Waals surface area (Å²) in [6, 6.07) is 10.8. The van der Waals surface area contributed by atoms with E-state index in [9.17, 15) is 9.59 Å². The molecule has 1 fully saturated rings. The fourth-order valence-corrected chi connectivity index (χ4v) is 3.34. The minimum absolute atomic E-state index is 0.00524. The van der Waals surface area contributed by atoms with Crippen LogP contribution >= 0.6 is 11.6 Å². The van der Waals surface area contributed by atoms with Crippen LogP contribution in [0.5, 0.6) is 0 Å². The van der Waals surface area contributed by atoms with Gasteiger partial charge in [-0.1, -0.05) is 23.7 Å². The Bertz CT molecular complexity index is 776. The highest BCUT2D eigenvalue weighted by molar-refractivity contribution is 6.33. The van der Waals surface area contributed by atoms with Gasteiger partial charge in [-0.15, -0.1) is 0 Å². The van der Waals surface area contributed by atoms with Gasteiger partial charge >= 0.3 is 0 Å². The van der Waals surface area contributed by atoms with E-state index in [0.717, 1.165) is 5.56 Å². The van der Waals surface area contributed by atoms with Gasteiger partial charge in [0.25, 0.3) is 5.91 Å². The predicted molar refractivity (Wildman–Crippen MR) is 96.5 cm³/mol. The molecule has 3 rings (SSSR count). The molecule has 5 nitrogen and oxygen atoms in total. The van der Waals surface area contributed by atoms with Gasteiger partial charge in [-0.2, -0.15) is 0 Å². The molecule has 132 valence electrons. The number of likely N-dealkylation sites (tertiary alicyclic amines) is 1. The van der Waals surface area contributed by atoms with E-state index in [1.54, 1.807) is 42.1 Å². The average molecular weight is 361 g/mol.